The Labute approximate surface area is 180 Å². The number of nitrogens with two attached hydrogens (primary N) is 1. The summed E-state index contributed by atoms with van der Waals surface area (Å²) in [5.41, 5.74) is 6.32. The van der Waals surface area contributed by atoms with E-state index in [-0.39, 0.29) is 28.1 Å². The Bertz CT molecular complexity index is 1120. The van der Waals surface area contributed by atoms with Gasteiger partial charge >= 0.3 is 23.5 Å². The standard InChI is InChI=1S/C10H15BrN5O12P3/c11-10-14-8(12)7-9(15-10)16(3-13-7)6-1-4(17)5(26-6)2-25-30(21,22)28-31(23,24)27-29(18,19)20/h3-6,17H,1-2H2,(H,21,22)(H,23,24)(H2,12,14,15)(H2,18,19,20)/t4-,5+,6+/m0/s1. The number of aliphatic hydroxyl groups excluding tert-OH is 1. The average molecular weight is 570 g/mol. The van der Waals surface area contributed by atoms with Gasteiger partial charge in [-0.1, -0.05) is 0 Å². The molecule has 31 heavy (non-hydrogen) atoms. The number of fused-ring (bicyclic) bond motifs is 1. The number of nitrogen functional groups attached to an aromatic ring is 1. The summed E-state index contributed by atoms with van der Waals surface area (Å²) in [6.07, 6.45) is -1.93. The van der Waals surface area contributed by atoms with Crippen molar-refractivity contribution in [1.29, 1.82) is 0 Å². The van der Waals surface area contributed by atoms with Gasteiger partial charge in [-0.2, -0.15) is 8.62 Å². The summed E-state index contributed by atoms with van der Waals surface area (Å²) < 4.78 is 52.6. The van der Waals surface area contributed by atoms with Crippen LogP contribution in [-0.2, 0) is 31.6 Å². The van der Waals surface area contributed by atoms with Crippen LogP contribution in [0, 0.1) is 0 Å². The third-order valence-electron chi connectivity index (χ3n) is 3.75. The zero-order valence-corrected chi connectivity index (χ0v) is 19.2. The zero-order valence-electron chi connectivity index (χ0n) is 14.9. The van der Waals surface area contributed by atoms with Gasteiger partial charge < -0.3 is 35.2 Å². The van der Waals surface area contributed by atoms with E-state index in [9.17, 15) is 23.7 Å². The molecule has 0 radical (unpaired) electrons. The van der Waals surface area contributed by atoms with E-state index in [0.717, 1.165) is 0 Å². The van der Waals surface area contributed by atoms with E-state index in [1.54, 1.807) is 0 Å². The molecule has 2 aromatic rings. The highest BCUT2D eigenvalue weighted by Crippen LogP contribution is 2.66. The Morgan fingerprint density at radius 1 is 1.19 bits per heavy atom. The van der Waals surface area contributed by atoms with E-state index in [2.05, 4.69) is 44.0 Å². The molecule has 3 rings (SSSR count). The molecule has 0 aromatic carbocycles. The summed E-state index contributed by atoms with van der Waals surface area (Å²) in [7, 11) is -16.5. The number of aromatic nitrogens is 4. The quantitative estimate of drug-likeness (QED) is 0.182. The minimum absolute atomic E-state index is 0.0165. The van der Waals surface area contributed by atoms with Crippen LogP contribution in [0.4, 0.5) is 5.82 Å². The number of aliphatic hydroxyl groups is 1. The van der Waals surface area contributed by atoms with Gasteiger partial charge in [0.1, 0.15) is 17.8 Å². The molecule has 1 aliphatic rings. The van der Waals surface area contributed by atoms with Gasteiger partial charge in [0.2, 0.25) is 4.73 Å². The molecular weight excluding hydrogens is 555 g/mol. The number of nitrogens with zero attached hydrogens (tertiary/aromatic N) is 4. The van der Waals surface area contributed by atoms with Crippen LogP contribution in [-0.4, -0.2) is 63.0 Å². The third-order valence-corrected chi connectivity index (χ3v) is 7.91. The number of hydrogen-bond donors (Lipinski definition) is 6. The maximum atomic E-state index is 11.8. The fraction of sp³-hybridized carbons (Fsp3) is 0.500. The highest BCUT2D eigenvalue weighted by molar-refractivity contribution is 9.10. The van der Waals surface area contributed by atoms with Gasteiger partial charge in [0.05, 0.1) is 19.0 Å². The van der Waals surface area contributed by atoms with Gasteiger partial charge in [-0.05, 0) is 15.9 Å². The number of ether oxygens (including phenoxy) is 1. The lowest BCUT2D eigenvalue weighted by Crippen LogP contribution is -2.26. The van der Waals surface area contributed by atoms with Crippen molar-refractivity contribution in [3.63, 3.8) is 0 Å². The molecule has 7 N–H and O–H groups in total. The normalized spacial score (nSPS) is 26.1. The first-order valence-electron chi connectivity index (χ1n) is 7.93. The molecular formula is C10H15BrN5O12P3. The van der Waals surface area contributed by atoms with E-state index in [4.69, 9.17) is 25.2 Å². The summed E-state index contributed by atoms with van der Waals surface area (Å²) in [4.78, 5) is 47.7. The Kier molecular flexibility index (Phi) is 7.07. The van der Waals surface area contributed by atoms with Gasteiger partial charge in [0.15, 0.2) is 11.5 Å². The molecule has 1 fully saturated rings. The first-order chi connectivity index (χ1) is 14.2. The van der Waals surface area contributed by atoms with Crippen molar-refractivity contribution in [1.82, 2.24) is 19.5 Å². The number of rotatable bonds is 8. The lowest BCUT2D eigenvalue weighted by atomic mass is 10.2. The second-order valence-corrected chi connectivity index (χ2v) is 11.2. The highest BCUT2D eigenvalue weighted by atomic mass is 79.9. The molecule has 17 nitrogen and oxygen atoms in total. The molecule has 21 heteroatoms. The summed E-state index contributed by atoms with van der Waals surface area (Å²) in [6.45, 7) is -0.797. The van der Waals surface area contributed by atoms with Crippen molar-refractivity contribution in [2.75, 3.05) is 12.3 Å². The fourth-order valence-electron chi connectivity index (χ4n) is 2.63. The number of phosphoric ester groups is 1. The molecule has 0 aliphatic carbocycles. The predicted molar refractivity (Wildman–Crippen MR) is 102 cm³/mol. The van der Waals surface area contributed by atoms with Crippen LogP contribution in [0.1, 0.15) is 12.6 Å². The van der Waals surface area contributed by atoms with Gasteiger partial charge in [0.25, 0.3) is 0 Å². The van der Waals surface area contributed by atoms with Gasteiger partial charge in [-0.25, -0.2) is 28.6 Å². The van der Waals surface area contributed by atoms with E-state index in [1.165, 1.54) is 10.9 Å². The Morgan fingerprint density at radius 3 is 2.52 bits per heavy atom. The first-order valence-corrected chi connectivity index (χ1v) is 13.2. The van der Waals surface area contributed by atoms with Crippen molar-refractivity contribution < 1.29 is 56.3 Å². The lowest BCUT2D eigenvalue weighted by molar-refractivity contribution is -0.0423. The monoisotopic (exact) mass is 569 g/mol. The number of phosphoric acid groups is 3. The molecule has 1 saturated heterocycles. The largest absolute Gasteiger partial charge is 0.490 e. The number of imidazole rings is 1. The molecule has 0 amide bonds. The topological polar surface area (TPSA) is 259 Å². The second-order valence-electron chi connectivity index (χ2n) is 6.02. The molecule has 0 spiro atoms. The molecule has 0 bridgehead atoms. The maximum Gasteiger partial charge on any atom is 0.490 e. The molecule has 2 unspecified atom stereocenters. The van der Waals surface area contributed by atoms with Gasteiger partial charge in [-0.3, -0.25) is 9.09 Å². The number of halogens is 1. The van der Waals surface area contributed by atoms with Gasteiger partial charge in [0, 0.05) is 6.42 Å². The maximum absolute atomic E-state index is 11.8. The Balaban J connectivity index is 1.66. The van der Waals surface area contributed by atoms with E-state index < -0.39 is 48.5 Å². The van der Waals surface area contributed by atoms with Crippen molar-refractivity contribution >= 4 is 56.4 Å². The van der Waals surface area contributed by atoms with Crippen LogP contribution in [0.5, 0.6) is 0 Å². The van der Waals surface area contributed by atoms with Crippen LogP contribution < -0.4 is 5.73 Å². The fourth-order valence-corrected chi connectivity index (χ4v) is 6.02. The molecule has 1 aliphatic heterocycles. The Hall–Kier alpha value is -0.840. The summed E-state index contributed by atoms with van der Waals surface area (Å²) in [5.74, 6) is 0.0957. The molecule has 0 saturated carbocycles. The zero-order chi connectivity index (χ0) is 23.2. The van der Waals surface area contributed by atoms with Crippen LogP contribution >= 0.6 is 39.4 Å². The molecule has 2 aromatic heterocycles. The minimum Gasteiger partial charge on any atom is -0.390 e. The Morgan fingerprint density at radius 2 is 1.87 bits per heavy atom. The minimum atomic E-state index is -5.65. The van der Waals surface area contributed by atoms with Crippen molar-refractivity contribution in [3.8, 4) is 0 Å². The summed E-state index contributed by atoms with van der Waals surface area (Å²) in [6, 6.07) is 0. The molecule has 174 valence electrons. The highest BCUT2D eigenvalue weighted by Gasteiger charge is 2.43. The average Bonchev–Trinajstić information content (AvgIpc) is 3.13. The third kappa shape index (κ3) is 6.36. The SMILES string of the molecule is Nc1nc(Br)nc2c1ncn2[C@H]1C[C@H](O)[C@@H](COP(=O)(O)OP(=O)(O)OP(=O)(O)O)O1. The lowest BCUT2D eigenvalue weighted by Gasteiger charge is -2.19. The van der Waals surface area contributed by atoms with Crippen molar-refractivity contribution in [2.45, 2.75) is 24.9 Å². The van der Waals surface area contributed by atoms with Gasteiger partial charge in [-0.15, -0.1) is 0 Å². The second kappa shape index (κ2) is 8.83. The molecule has 3 heterocycles. The molecule has 5 atom stereocenters. The number of anilines is 1. The summed E-state index contributed by atoms with van der Waals surface area (Å²) >= 11 is 3.09. The first kappa shape index (κ1) is 24.8. The van der Waals surface area contributed by atoms with E-state index in [0.29, 0.717) is 0 Å². The smallest absolute Gasteiger partial charge is 0.390 e. The van der Waals surface area contributed by atoms with Crippen LogP contribution in [0.3, 0.4) is 0 Å². The van der Waals surface area contributed by atoms with E-state index >= 15 is 0 Å². The van der Waals surface area contributed by atoms with Crippen LogP contribution in [0.25, 0.3) is 11.2 Å². The van der Waals surface area contributed by atoms with Crippen LogP contribution in [0.15, 0.2) is 11.1 Å². The van der Waals surface area contributed by atoms with Crippen molar-refractivity contribution in [2.24, 2.45) is 0 Å². The predicted octanol–water partition coefficient (Wildman–Crippen LogP) is 0.163. The summed E-state index contributed by atoms with van der Waals surface area (Å²) in [5, 5.41) is 10.2. The van der Waals surface area contributed by atoms with Crippen molar-refractivity contribution in [3.05, 3.63) is 11.1 Å². The number of hydrogen-bond acceptors (Lipinski definition) is 12. The van der Waals surface area contributed by atoms with Crippen LogP contribution in [0.2, 0.25) is 0 Å². The van der Waals surface area contributed by atoms with E-state index in [1.807, 2.05) is 0 Å².